The molecule has 0 spiro atoms. The van der Waals surface area contributed by atoms with E-state index in [1.165, 1.54) is 16.4 Å². The van der Waals surface area contributed by atoms with E-state index in [-0.39, 0.29) is 29.6 Å². The minimum Gasteiger partial charge on any atom is -0.336 e. The fourth-order valence-corrected chi connectivity index (χ4v) is 5.31. The van der Waals surface area contributed by atoms with E-state index in [2.05, 4.69) is 0 Å². The number of carbonyl (C=O) groups is 1. The Morgan fingerprint density at radius 3 is 2.08 bits per heavy atom. The summed E-state index contributed by atoms with van der Waals surface area (Å²) in [4.78, 5) is 14.1. The second-order valence-corrected chi connectivity index (χ2v) is 8.97. The minimum atomic E-state index is -3.48. The van der Waals surface area contributed by atoms with Gasteiger partial charge in [0.15, 0.2) is 0 Å². The van der Waals surface area contributed by atoms with Gasteiger partial charge in [-0.05, 0) is 31.0 Å². The number of rotatable bonds is 3. The fourth-order valence-electron chi connectivity index (χ4n) is 3.39. The van der Waals surface area contributed by atoms with E-state index in [0.29, 0.717) is 26.2 Å². The van der Waals surface area contributed by atoms with Gasteiger partial charge in [-0.1, -0.05) is 24.4 Å². The van der Waals surface area contributed by atoms with E-state index >= 15 is 0 Å². The van der Waals surface area contributed by atoms with Crippen LogP contribution in [0.15, 0.2) is 18.2 Å². The summed E-state index contributed by atoms with van der Waals surface area (Å²) in [5.41, 5.74) is 0.233. The molecular weight excluding hydrogens is 381 g/mol. The maximum absolute atomic E-state index is 13.2. The number of hydrogen-bond acceptors (Lipinski definition) is 3. The van der Waals surface area contributed by atoms with Crippen molar-refractivity contribution in [2.45, 2.75) is 25.7 Å². The molecular formula is C17H23ClFN3O3S. The molecule has 6 nitrogen and oxygen atoms in total. The average molecular weight is 404 g/mol. The Morgan fingerprint density at radius 2 is 1.50 bits per heavy atom. The molecule has 0 unspecified atom stereocenters. The van der Waals surface area contributed by atoms with Gasteiger partial charge in [0.05, 0.1) is 10.6 Å². The summed E-state index contributed by atoms with van der Waals surface area (Å²) >= 11 is 5.96. The quantitative estimate of drug-likeness (QED) is 0.778. The summed E-state index contributed by atoms with van der Waals surface area (Å²) < 4.78 is 41.8. The highest BCUT2D eigenvalue weighted by molar-refractivity contribution is 7.86. The van der Waals surface area contributed by atoms with Crippen molar-refractivity contribution < 1.29 is 17.6 Å². The van der Waals surface area contributed by atoms with Crippen molar-refractivity contribution in [1.29, 1.82) is 0 Å². The van der Waals surface area contributed by atoms with E-state index in [1.54, 1.807) is 9.21 Å². The molecule has 0 aromatic heterocycles. The summed E-state index contributed by atoms with van der Waals surface area (Å²) in [5.74, 6) is -0.804. The highest BCUT2D eigenvalue weighted by Gasteiger charge is 2.34. The minimum absolute atomic E-state index is 0.0645. The van der Waals surface area contributed by atoms with Crippen LogP contribution in [0.2, 0.25) is 5.02 Å². The summed E-state index contributed by atoms with van der Waals surface area (Å²) in [6.07, 6.45) is 3.90. The van der Waals surface area contributed by atoms with E-state index in [9.17, 15) is 17.6 Å². The van der Waals surface area contributed by atoms with Crippen LogP contribution in [0.5, 0.6) is 0 Å². The molecule has 2 aliphatic rings. The van der Waals surface area contributed by atoms with Crippen molar-refractivity contribution in [3.63, 3.8) is 0 Å². The zero-order valence-electron chi connectivity index (χ0n) is 14.5. The predicted molar refractivity (Wildman–Crippen MR) is 97.8 cm³/mol. The lowest BCUT2D eigenvalue weighted by Gasteiger charge is -2.36. The smallest absolute Gasteiger partial charge is 0.282 e. The van der Waals surface area contributed by atoms with Gasteiger partial charge >= 0.3 is 0 Å². The lowest BCUT2D eigenvalue weighted by Crippen LogP contribution is -2.54. The van der Waals surface area contributed by atoms with E-state index in [1.807, 2.05) is 0 Å². The van der Waals surface area contributed by atoms with E-state index < -0.39 is 16.0 Å². The molecule has 0 saturated carbocycles. The Kier molecular flexibility index (Phi) is 6.17. The Balaban J connectivity index is 1.64. The third-order valence-electron chi connectivity index (χ3n) is 4.90. The molecule has 0 bridgehead atoms. The van der Waals surface area contributed by atoms with E-state index in [0.717, 1.165) is 31.7 Å². The van der Waals surface area contributed by atoms with Gasteiger partial charge in [0.25, 0.3) is 16.1 Å². The van der Waals surface area contributed by atoms with Crippen molar-refractivity contribution in [2.75, 3.05) is 39.3 Å². The standard InChI is InChI=1S/C17H23ClFN3O3S/c18-16-13-14(19)5-6-15(16)17(23)20-9-11-22(12-10-20)26(24,25)21-7-3-1-2-4-8-21/h5-6,13H,1-4,7-12H2. The summed E-state index contributed by atoms with van der Waals surface area (Å²) in [6.45, 7) is 2.21. The molecule has 1 aromatic carbocycles. The molecule has 1 amide bonds. The van der Waals surface area contributed by atoms with Crippen molar-refractivity contribution >= 4 is 27.7 Å². The molecule has 2 heterocycles. The van der Waals surface area contributed by atoms with Gasteiger partial charge in [0.2, 0.25) is 0 Å². The second-order valence-electron chi connectivity index (χ2n) is 6.64. The van der Waals surface area contributed by atoms with Crippen LogP contribution in [0.4, 0.5) is 4.39 Å². The van der Waals surface area contributed by atoms with Crippen LogP contribution in [-0.4, -0.2) is 67.1 Å². The van der Waals surface area contributed by atoms with Crippen LogP contribution < -0.4 is 0 Å². The maximum Gasteiger partial charge on any atom is 0.282 e. The third-order valence-corrected chi connectivity index (χ3v) is 7.25. The molecule has 2 saturated heterocycles. The van der Waals surface area contributed by atoms with Crippen molar-refractivity contribution in [3.8, 4) is 0 Å². The van der Waals surface area contributed by atoms with Gasteiger partial charge in [0.1, 0.15) is 5.82 Å². The Morgan fingerprint density at radius 1 is 0.923 bits per heavy atom. The third kappa shape index (κ3) is 4.19. The van der Waals surface area contributed by atoms with Crippen molar-refractivity contribution in [3.05, 3.63) is 34.6 Å². The molecule has 0 radical (unpaired) electrons. The SMILES string of the molecule is O=C(c1ccc(F)cc1Cl)N1CCN(S(=O)(=O)N2CCCCCC2)CC1. The Bertz CT molecular complexity index is 759. The monoisotopic (exact) mass is 403 g/mol. The van der Waals surface area contributed by atoms with Gasteiger partial charge in [-0.2, -0.15) is 17.0 Å². The molecule has 144 valence electrons. The topological polar surface area (TPSA) is 60.9 Å². The van der Waals surface area contributed by atoms with Crippen molar-refractivity contribution in [2.24, 2.45) is 0 Å². The number of benzene rings is 1. The lowest BCUT2D eigenvalue weighted by atomic mass is 10.2. The highest BCUT2D eigenvalue weighted by Crippen LogP contribution is 2.22. The van der Waals surface area contributed by atoms with Gasteiger partial charge in [0, 0.05) is 39.3 Å². The Labute approximate surface area is 158 Å². The number of amides is 1. The summed E-state index contributed by atoms with van der Waals surface area (Å²) in [5, 5.41) is 0.0645. The molecule has 1 aromatic rings. The number of halogens is 2. The molecule has 2 aliphatic heterocycles. The van der Waals surface area contributed by atoms with Crippen LogP contribution in [0.1, 0.15) is 36.0 Å². The first kappa shape index (κ1) is 19.5. The van der Waals surface area contributed by atoms with Gasteiger partial charge < -0.3 is 4.90 Å². The fraction of sp³-hybridized carbons (Fsp3) is 0.588. The highest BCUT2D eigenvalue weighted by atomic mass is 35.5. The summed E-state index contributed by atoms with van der Waals surface area (Å²) in [6, 6.07) is 3.66. The first-order valence-electron chi connectivity index (χ1n) is 8.89. The second kappa shape index (κ2) is 8.21. The zero-order valence-corrected chi connectivity index (χ0v) is 16.1. The van der Waals surface area contributed by atoms with Gasteiger partial charge in [-0.25, -0.2) is 4.39 Å². The molecule has 9 heteroatoms. The normalized spacial score (nSPS) is 20.8. The Hall–Kier alpha value is -1.22. The zero-order chi connectivity index (χ0) is 18.7. The first-order valence-corrected chi connectivity index (χ1v) is 10.7. The maximum atomic E-state index is 13.2. The van der Waals surface area contributed by atoms with Crippen LogP contribution >= 0.6 is 11.6 Å². The van der Waals surface area contributed by atoms with Crippen LogP contribution in [0, 0.1) is 5.82 Å². The van der Waals surface area contributed by atoms with E-state index in [4.69, 9.17) is 11.6 Å². The predicted octanol–water partition coefficient (Wildman–Crippen LogP) is 2.36. The molecule has 0 atom stereocenters. The van der Waals surface area contributed by atoms with Crippen molar-refractivity contribution in [1.82, 2.24) is 13.5 Å². The van der Waals surface area contributed by atoms with Gasteiger partial charge in [-0.15, -0.1) is 0 Å². The van der Waals surface area contributed by atoms with Crippen LogP contribution in [0.3, 0.4) is 0 Å². The molecule has 0 N–H and O–H groups in total. The van der Waals surface area contributed by atoms with Crippen LogP contribution in [0.25, 0.3) is 0 Å². The first-order chi connectivity index (χ1) is 12.4. The summed E-state index contributed by atoms with van der Waals surface area (Å²) in [7, 11) is -3.48. The largest absolute Gasteiger partial charge is 0.336 e. The molecule has 3 rings (SSSR count). The van der Waals surface area contributed by atoms with Crippen LogP contribution in [-0.2, 0) is 10.2 Å². The number of carbonyl (C=O) groups excluding carboxylic acids is 1. The molecule has 2 fully saturated rings. The van der Waals surface area contributed by atoms with Gasteiger partial charge in [-0.3, -0.25) is 4.79 Å². The lowest BCUT2D eigenvalue weighted by molar-refractivity contribution is 0.0694. The number of nitrogens with zero attached hydrogens (tertiary/aromatic N) is 3. The molecule has 26 heavy (non-hydrogen) atoms. The average Bonchev–Trinajstić information content (AvgIpc) is 2.91. The number of hydrogen-bond donors (Lipinski definition) is 0. The molecule has 0 aliphatic carbocycles. The number of piperazine rings is 1.